The number of sulfonamides is 1. The van der Waals surface area contributed by atoms with Gasteiger partial charge in [0.05, 0.1) is 6.61 Å². The van der Waals surface area contributed by atoms with E-state index in [9.17, 15) is 23.7 Å². The number of fused-ring (bicyclic) bond motifs is 1. The van der Waals surface area contributed by atoms with Crippen molar-refractivity contribution in [1.82, 2.24) is 0 Å². The molecule has 0 bridgehead atoms. The van der Waals surface area contributed by atoms with Gasteiger partial charge < -0.3 is 14.6 Å². The fraction of sp³-hybridized carbons (Fsp3) is 0.381. The van der Waals surface area contributed by atoms with Crippen LogP contribution in [0.1, 0.15) is 36.5 Å². The lowest BCUT2D eigenvalue weighted by atomic mass is 9.80. The molecule has 0 radical (unpaired) electrons. The van der Waals surface area contributed by atoms with Crippen LogP contribution in [-0.4, -0.2) is 26.5 Å². The summed E-state index contributed by atoms with van der Waals surface area (Å²) in [4.78, 5) is 15.8. The topological polar surface area (TPSA) is 126 Å². The maximum Gasteiger partial charge on any atom is 0.399 e. The molecule has 8 nitrogen and oxygen atoms in total. The zero-order valence-electron chi connectivity index (χ0n) is 16.7. The van der Waals surface area contributed by atoms with E-state index in [-0.39, 0.29) is 23.5 Å². The van der Waals surface area contributed by atoms with E-state index in [0.29, 0.717) is 18.4 Å². The number of esters is 1. The lowest BCUT2D eigenvalue weighted by Gasteiger charge is -2.54. The Morgan fingerprint density at radius 1 is 1.23 bits per heavy atom. The molecule has 1 aliphatic carbocycles. The highest BCUT2D eigenvalue weighted by Crippen LogP contribution is 2.48. The Balaban J connectivity index is 2.23. The van der Waals surface area contributed by atoms with E-state index in [0.717, 1.165) is 5.56 Å². The first-order valence-electron chi connectivity index (χ1n) is 9.58. The summed E-state index contributed by atoms with van der Waals surface area (Å²) in [7, 11) is -4.49. The van der Waals surface area contributed by atoms with Gasteiger partial charge in [-0.25, -0.2) is 13.2 Å². The second-order valence-corrected chi connectivity index (χ2v) is 8.82. The van der Waals surface area contributed by atoms with E-state index in [2.05, 4.69) is 9.70 Å². The molecule has 0 heterocycles. The molecule has 30 heavy (non-hydrogen) atoms. The zero-order valence-corrected chi connectivity index (χ0v) is 17.6. The van der Waals surface area contributed by atoms with Gasteiger partial charge in [0.15, 0.2) is 0 Å². The van der Waals surface area contributed by atoms with E-state index in [1.54, 1.807) is 44.2 Å². The number of aryl methyl sites for hydroxylation is 2. The highest BCUT2D eigenvalue weighted by Gasteiger charge is 2.61. The van der Waals surface area contributed by atoms with Gasteiger partial charge in [-0.05, 0) is 44.4 Å². The van der Waals surface area contributed by atoms with Gasteiger partial charge in [0, 0.05) is 11.3 Å². The monoisotopic (exact) mass is 428 g/mol. The zero-order chi connectivity index (χ0) is 22.0. The van der Waals surface area contributed by atoms with Crippen molar-refractivity contribution in [3.63, 3.8) is 0 Å². The van der Waals surface area contributed by atoms with E-state index >= 15 is 0 Å². The van der Waals surface area contributed by atoms with Crippen LogP contribution in [0.3, 0.4) is 0 Å². The summed E-state index contributed by atoms with van der Waals surface area (Å²) in [6, 6.07) is 12.2. The number of hydrogen-bond acceptors (Lipinski definition) is 6. The molecule has 0 amide bonds. The summed E-state index contributed by atoms with van der Waals surface area (Å²) < 4.78 is 34.9. The van der Waals surface area contributed by atoms with Crippen molar-refractivity contribution in [3.05, 3.63) is 74.9 Å². The number of diazo groups is 1. The maximum atomic E-state index is 14.3. The number of rotatable bonds is 5. The van der Waals surface area contributed by atoms with Crippen LogP contribution in [0.15, 0.2) is 53.4 Å². The van der Waals surface area contributed by atoms with Gasteiger partial charge in [0.1, 0.15) is 15.0 Å². The Morgan fingerprint density at radius 3 is 2.53 bits per heavy atom. The maximum absolute atomic E-state index is 14.3. The van der Waals surface area contributed by atoms with Gasteiger partial charge in [-0.1, -0.05) is 53.3 Å². The fourth-order valence-corrected chi connectivity index (χ4v) is 4.88. The van der Waals surface area contributed by atoms with Crippen molar-refractivity contribution >= 4 is 16.0 Å². The Morgan fingerprint density at radius 2 is 1.90 bits per heavy atom. The average Bonchev–Trinajstić information content (AvgIpc) is 2.83. The number of hydrogen-bond donors (Lipinski definition) is 0. The summed E-state index contributed by atoms with van der Waals surface area (Å²) in [6.45, 7) is 3.26. The molecule has 9 heteroatoms. The van der Waals surface area contributed by atoms with Crippen molar-refractivity contribution in [3.8, 4) is 0 Å². The average molecular weight is 428 g/mol. The summed E-state index contributed by atoms with van der Waals surface area (Å²) in [6.07, 6.45) is 0.494. The van der Waals surface area contributed by atoms with Gasteiger partial charge in [-0.2, -0.15) is 0 Å². The first-order chi connectivity index (χ1) is 14.2. The van der Waals surface area contributed by atoms with Crippen molar-refractivity contribution in [2.24, 2.45) is 0 Å². The van der Waals surface area contributed by atoms with E-state index < -0.39 is 27.3 Å². The quantitative estimate of drug-likeness (QED) is 0.409. The van der Waals surface area contributed by atoms with Gasteiger partial charge in [0.2, 0.25) is 5.39 Å². The number of carbonyl (C=O) groups is 1. The molecule has 0 saturated heterocycles. The summed E-state index contributed by atoms with van der Waals surface area (Å²) in [5.41, 5.74) is -4.02. The van der Waals surface area contributed by atoms with Crippen LogP contribution in [0, 0.1) is 12.3 Å². The highest BCUT2D eigenvalue weighted by molar-refractivity contribution is 7.94. The van der Waals surface area contributed by atoms with E-state index in [1.807, 2.05) is 0 Å². The van der Waals surface area contributed by atoms with Crippen LogP contribution in [-0.2, 0) is 31.7 Å². The van der Waals surface area contributed by atoms with E-state index in [1.165, 1.54) is 18.2 Å². The number of carbonyl (C=O) groups excluding carboxylic acids is 1. The molecule has 0 aliphatic heterocycles. The first kappa shape index (κ1) is 21.9. The Labute approximate surface area is 175 Å². The molecule has 0 fully saturated rings. The first-order valence-corrected chi connectivity index (χ1v) is 11.0. The molecular formula is C21H22N3O5S-. The lowest BCUT2D eigenvalue weighted by Crippen LogP contribution is -2.62. The molecule has 3 rings (SSSR count). The van der Waals surface area contributed by atoms with Crippen LogP contribution in [0.5, 0.6) is 0 Å². The predicted octanol–water partition coefficient (Wildman–Crippen LogP) is 2.76. The number of benzene rings is 2. The largest absolute Gasteiger partial charge is 0.856 e. The summed E-state index contributed by atoms with van der Waals surface area (Å²) >= 11 is 0. The summed E-state index contributed by atoms with van der Waals surface area (Å²) in [5, 5.41) is 24.2. The number of nitrogens with zero attached hydrogens (tertiary/aromatic N) is 3. The molecule has 0 N–H and O–H groups in total. The van der Waals surface area contributed by atoms with Gasteiger partial charge >= 0.3 is 11.5 Å². The molecule has 2 atom stereocenters. The third-order valence-corrected chi connectivity index (χ3v) is 6.64. The lowest BCUT2D eigenvalue weighted by molar-refractivity contribution is -0.481. The van der Waals surface area contributed by atoms with Crippen molar-refractivity contribution in [2.45, 2.75) is 49.3 Å². The smallest absolute Gasteiger partial charge is 0.399 e. The molecule has 2 aromatic carbocycles. The molecule has 2 aromatic rings. The van der Waals surface area contributed by atoms with Crippen LogP contribution in [0.2, 0.25) is 0 Å². The minimum Gasteiger partial charge on any atom is -0.856 e. The van der Waals surface area contributed by atoms with Gasteiger partial charge in [0.25, 0.3) is 0 Å². The van der Waals surface area contributed by atoms with Crippen molar-refractivity contribution in [1.29, 1.82) is 5.39 Å². The summed E-state index contributed by atoms with van der Waals surface area (Å²) in [5.74, 6) is -1.11. The molecule has 0 spiro atoms. The molecule has 0 saturated carbocycles. The molecule has 1 aliphatic rings. The predicted molar refractivity (Wildman–Crippen MR) is 107 cm³/mol. The van der Waals surface area contributed by atoms with Gasteiger partial charge in [-0.3, -0.25) is 0 Å². The number of ether oxygens (including phenoxy) is 1. The Kier molecular flexibility index (Phi) is 5.94. The second-order valence-electron chi connectivity index (χ2n) is 7.21. The standard InChI is InChI=1S/C21H22N3O5S/c1-3-29-19(25)20(23-22)14-6-8-16-7-4-5-9-18(16)21(20,26)24-30(27,28)17-12-10-15(2)11-13-17/h4-5,7,9-13H,3,6,8,14H2,1-2H3/q-1. The molecular weight excluding hydrogens is 406 g/mol. The minimum absolute atomic E-state index is 0.0240. The van der Waals surface area contributed by atoms with Crippen LogP contribution in [0.4, 0.5) is 0 Å². The van der Waals surface area contributed by atoms with Crippen LogP contribution >= 0.6 is 0 Å². The van der Waals surface area contributed by atoms with Crippen LogP contribution < -0.4 is 5.11 Å². The van der Waals surface area contributed by atoms with Gasteiger partial charge in [-0.15, -0.1) is 0 Å². The Hall–Kier alpha value is -2.80. The van der Waals surface area contributed by atoms with Crippen molar-refractivity contribution in [2.75, 3.05) is 6.61 Å². The Bertz CT molecular complexity index is 1090. The highest BCUT2D eigenvalue weighted by atomic mass is 32.2. The SMILES string of the molecule is CCOC(=O)C1([N+]#N)CCCc2ccccc2C1([O-])[N-]S(=O)(=O)c1ccc(C)cc1. The fourth-order valence-electron chi connectivity index (χ4n) is 3.70. The second kappa shape index (κ2) is 8.14. The minimum atomic E-state index is -4.49. The van der Waals surface area contributed by atoms with E-state index in [4.69, 9.17) is 4.74 Å². The normalized spacial score (nSPS) is 23.7. The third-order valence-electron chi connectivity index (χ3n) is 5.28. The molecule has 2 unspecified atom stereocenters. The molecule has 0 aromatic heterocycles. The van der Waals surface area contributed by atoms with Crippen LogP contribution in [0.25, 0.3) is 9.70 Å². The third kappa shape index (κ3) is 3.58. The van der Waals surface area contributed by atoms with Crippen molar-refractivity contribution < 1.29 is 23.1 Å². The molecule has 158 valence electrons.